The average Bonchev–Trinajstić information content (AvgIpc) is 2.30. The first-order valence-electron chi connectivity index (χ1n) is 7.13. The normalized spacial score (nSPS) is 11.3. The Labute approximate surface area is 107 Å². The minimum Gasteiger partial charge on any atom is -0.381 e. The van der Waals surface area contributed by atoms with Crippen molar-refractivity contribution in [1.29, 1.82) is 0 Å². The van der Waals surface area contributed by atoms with Gasteiger partial charge in [-0.15, -0.1) is 0 Å². The average molecular weight is 245 g/mol. The monoisotopic (exact) mass is 245 g/mol. The van der Waals surface area contributed by atoms with Crippen molar-refractivity contribution in [3.63, 3.8) is 0 Å². The third kappa shape index (κ3) is 15.9. The van der Waals surface area contributed by atoms with Gasteiger partial charge in [0, 0.05) is 26.4 Å². The maximum Gasteiger partial charge on any atom is 0.0487 e. The maximum absolute atomic E-state index is 5.53. The molecule has 0 radical (unpaired) electrons. The molecule has 3 nitrogen and oxygen atoms in total. The molecule has 104 valence electrons. The molecule has 0 aliphatic carbocycles. The minimum absolute atomic E-state index is 0.733. The van der Waals surface area contributed by atoms with E-state index in [0.717, 1.165) is 58.3 Å². The first-order chi connectivity index (χ1) is 8.27. The molecule has 3 heteroatoms. The third-order valence-corrected chi connectivity index (χ3v) is 2.41. The zero-order valence-corrected chi connectivity index (χ0v) is 12.0. The molecule has 0 aromatic rings. The fourth-order valence-electron chi connectivity index (χ4n) is 1.40. The van der Waals surface area contributed by atoms with Crippen molar-refractivity contribution in [2.45, 2.75) is 46.5 Å². The lowest BCUT2D eigenvalue weighted by Crippen LogP contribution is -2.21. The van der Waals surface area contributed by atoms with Crippen LogP contribution >= 0.6 is 0 Å². The predicted octanol–water partition coefficient (Wildman–Crippen LogP) is 2.85. The van der Waals surface area contributed by atoms with Gasteiger partial charge in [-0.3, -0.25) is 0 Å². The number of rotatable bonds is 13. The molecule has 0 fully saturated rings. The van der Waals surface area contributed by atoms with Gasteiger partial charge in [0.15, 0.2) is 0 Å². The van der Waals surface area contributed by atoms with E-state index in [0.29, 0.717) is 0 Å². The van der Waals surface area contributed by atoms with Gasteiger partial charge in [0.1, 0.15) is 0 Å². The van der Waals surface area contributed by atoms with Crippen LogP contribution < -0.4 is 5.32 Å². The van der Waals surface area contributed by atoms with Crippen LogP contribution in [0.3, 0.4) is 0 Å². The predicted molar refractivity (Wildman–Crippen MR) is 73.5 cm³/mol. The second-order valence-electron chi connectivity index (χ2n) is 4.88. The van der Waals surface area contributed by atoms with Crippen LogP contribution in [0.4, 0.5) is 0 Å². The van der Waals surface area contributed by atoms with Crippen molar-refractivity contribution in [2.24, 2.45) is 5.92 Å². The Morgan fingerprint density at radius 2 is 1.47 bits per heavy atom. The molecule has 0 aliphatic rings. The van der Waals surface area contributed by atoms with Crippen LogP contribution in [0, 0.1) is 5.92 Å². The van der Waals surface area contributed by atoms with Gasteiger partial charge in [-0.1, -0.05) is 27.2 Å². The van der Waals surface area contributed by atoms with E-state index in [2.05, 4.69) is 26.1 Å². The Bertz CT molecular complexity index is 140. The van der Waals surface area contributed by atoms with Crippen molar-refractivity contribution in [3.8, 4) is 0 Å². The first-order valence-corrected chi connectivity index (χ1v) is 7.13. The fourth-order valence-corrected chi connectivity index (χ4v) is 1.40. The molecule has 0 heterocycles. The molecule has 1 N–H and O–H groups in total. The Balaban J connectivity index is 2.89. The number of unbranched alkanes of at least 4 members (excludes halogenated alkanes) is 1. The Morgan fingerprint density at radius 1 is 0.882 bits per heavy atom. The minimum atomic E-state index is 0.733. The van der Waals surface area contributed by atoms with Crippen LogP contribution in [-0.4, -0.2) is 39.5 Å². The van der Waals surface area contributed by atoms with Crippen LogP contribution in [0.25, 0.3) is 0 Å². The number of nitrogens with one attached hydrogen (secondary N) is 1. The summed E-state index contributed by atoms with van der Waals surface area (Å²) in [5, 5.41) is 3.41. The SMILES string of the molecule is CCCCOCCCOCCCNCC(C)C. The highest BCUT2D eigenvalue weighted by molar-refractivity contribution is 4.50. The van der Waals surface area contributed by atoms with E-state index < -0.39 is 0 Å². The molecule has 0 rings (SSSR count). The maximum atomic E-state index is 5.53. The smallest absolute Gasteiger partial charge is 0.0487 e. The molecule has 0 unspecified atom stereocenters. The highest BCUT2D eigenvalue weighted by atomic mass is 16.5. The molecular weight excluding hydrogens is 214 g/mol. The van der Waals surface area contributed by atoms with Crippen molar-refractivity contribution in [2.75, 3.05) is 39.5 Å². The van der Waals surface area contributed by atoms with E-state index >= 15 is 0 Å². The number of ether oxygens (including phenoxy) is 2. The fraction of sp³-hybridized carbons (Fsp3) is 1.00. The van der Waals surface area contributed by atoms with Gasteiger partial charge in [0.25, 0.3) is 0 Å². The number of hydrogen-bond acceptors (Lipinski definition) is 3. The summed E-state index contributed by atoms with van der Waals surface area (Å²) < 4.78 is 11.0. The molecule has 0 amide bonds. The van der Waals surface area contributed by atoms with Crippen LogP contribution in [0.15, 0.2) is 0 Å². The molecule has 17 heavy (non-hydrogen) atoms. The zero-order valence-electron chi connectivity index (χ0n) is 12.0. The van der Waals surface area contributed by atoms with E-state index in [4.69, 9.17) is 9.47 Å². The van der Waals surface area contributed by atoms with E-state index in [-0.39, 0.29) is 0 Å². The molecule has 0 saturated heterocycles. The quantitative estimate of drug-likeness (QED) is 0.506. The molecule has 0 bridgehead atoms. The summed E-state index contributed by atoms with van der Waals surface area (Å²) in [4.78, 5) is 0. The molecule has 0 spiro atoms. The molecule has 0 aliphatic heterocycles. The third-order valence-electron chi connectivity index (χ3n) is 2.41. The van der Waals surface area contributed by atoms with Crippen LogP contribution in [0.2, 0.25) is 0 Å². The van der Waals surface area contributed by atoms with Crippen LogP contribution in [0.5, 0.6) is 0 Å². The van der Waals surface area contributed by atoms with Gasteiger partial charge in [-0.05, 0) is 38.3 Å². The van der Waals surface area contributed by atoms with Crippen LogP contribution in [0.1, 0.15) is 46.5 Å². The summed E-state index contributed by atoms with van der Waals surface area (Å²) in [6.07, 6.45) is 4.49. The molecule has 0 aromatic carbocycles. The van der Waals surface area contributed by atoms with Gasteiger partial charge in [0.05, 0.1) is 0 Å². The summed E-state index contributed by atoms with van der Waals surface area (Å²) in [5.74, 6) is 0.733. The van der Waals surface area contributed by atoms with Crippen molar-refractivity contribution < 1.29 is 9.47 Å². The second-order valence-corrected chi connectivity index (χ2v) is 4.88. The largest absolute Gasteiger partial charge is 0.381 e. The van der Waals surface area contributed by atoms with E-state index in [1.807, 2.05) is 0 Å². The molecule has 0 saturated carbocycles. The van der Waals surface area contributed by atoms with Crippen molar-refractivity contribution >= 4 is 0 Å². The summed E-state index contributed by atoms with van der Waals surface area (Å²) in [5.41, 5.74) is 0. The summed E-state index contributed by atoms with van der Waals surface area (Å²) in [7, 11) is 0. The Kier molecular flexibility index (Phi) is 13.8. The van der Waals surface area contributed by atoms with Gasteiger partial charge < -0.3 is 14.8 Å². The van der Waals surface area contributed by atoms with Gasteiger partial charge in [0.2, 0.25) is 0 Å². The van der Waals surface area contributed by atoms with E-state index in [1.165, 1.54) is 12.8 Å². The van der Waals surface area contributed by atoms with Crippen molar-refractivity contribution in [1.82, 2.24) is 5.32 Å². The second kappa shape index (κ2) is 13.9. The molecular formula is C14H31NO2. The lowest BCUT2D eigenvalue weighted by atomic mass is 10.2. The standard InChI is InChI=1S/C14H31NO2/c1-4-5-9-16-11-7-12-17-10-6-8-15-13-14(2)3/h14-15H,4-13H2,1-3H3. The highest BCUT2D eigenvalue weighted by Gasteiger charge is 1.93. The van der Waals surface area contributed by atoms with Crippen molar-refractivity contribution in [3.05, 3.63) is 0 Å². The summed E-state index contributed by atoms with van der Waals surface area (Å²) >= 11 is 0. The van der Waals surface area contributed by atoms with Gasteiger partial charge in [-0.25, -0.2) is 0 Å². The summed E-state index contributed by atoms with van der Waals surface area (Å²) in [6.45, 7) is 12.2. The molecule has 0 atom stereocenters. The zero-order chi connectivity index (χ0) is 12.8. The Morgan fingerprint density at radius 3 is 2.06 bits per heavy atom. The van der Waals surface area contributed by atoms with E-state index in [1.54, 1.807) is 0 Å². The lowest BCUT2D eigenvalue weighted by Gasteiger charge is -2.08. The Hall–Kier alpha value is -0.120. The van der Waals surface area contributed by atoms with E-state index in [9.17, 15) is 0 Å². The highest BCUT2D eigenvalue weighted by Crippen LogP contribution is 1.91. The van der Waals surface area contributed by atoms with Gasteiger partial charge >= 0.3 is 0 Å². The van der Waals surface area contributed by atoms with Crippen LogP contribution in [-0.2, 0) is 9.47 Å². The van der Waals surface area contributed by atoms with Gasteiger partial charge in [-0.2, -0.15) is 0 Å². The first kappa shape index (κ1) is 16.9. The topological polar surface area (TPSA) is 30.5 Å². The number of hydrogen-bond donors (Lipinski definition) is 1. The molecule has 0 aromatic heterocycles. The lowest BCUT2D eigenvalue weighted by molar-refractivity contribution is 0.0806. The summed E-state index contributed by atoms with van der Waals surface area (Å²) in [6, 6.07) is 0.